The summed E-state index contributed by atoms with van der Waals surface area (Å²) >= 11 is 12.1. The van der Waals surface area contributed by atoms with Crippen molar-refractivity contribution in [2.75, 3.05) is 10.6 Å². The molecule has 5 nitrogen and oxygen atoms in total. The number of amides is 1. The number of para-hydroxylation sites is 2. The number of carbonyl (C=O) groups is 1. The van der Waals surface area contributed by atoms with Crippen LogP contribution in [0.15, 0.2) is 60.9 Å². The Hall–Kier alpha value is -2.63. The Kier molecular flexibility index (Phi) is 4.93. The van der Waals surface area contributed by atoms with Gasteiger partial charge in [-0.25, -0.2) is 9.97 Å². The van der Waals surface area contributed by atoms with Crippen LogP contribution in [0.5, 0.6) is 0 Å². The maximum absolute atomic E-state index is 12.2. The van der Waals surface area contributed by atoms with Gasteiger partial charge < -0.3 is 10.6 Å². The number of hydrogen-bond acceptors (Lipinski definition) is 4. The fourth-order valence-electron chi connectivity index (χ4n) is 1.96. The van der Waals surface area contributed by atoms with Gasteiger partial charge in [-0.05, 0) is 24.3 Å². The molecule has 0 unspecified atom stereocenters. The second-order valence-corrected chi connectivity index (χ2v) is 5.64. The molecule has 120 valence electrons. The van der Waals surface area contributed by atoms with E-state index in [-0.39, 0.29) is 11.6 Å². The number of halogens is 2. The second kappa shape index (κ2) is 7.29. The Bertz CT molecular complexity index is 868. The number of hydrogen-bond donors (Lipinski definition) is 2. The van der Waals surface area contributed by atoms with Crippen LogP contribution in [0.4, 0.5) is 17.2 Å². The van der Waals surface area contributed by atoms with Gasteiger partial charge in [0.1, 0.15) is 11.5 Å². The van der Waals surface area contributed by atoms with E-state index in [1.807, 2.05) is 18.2 Å². The molecular formula is C17H12Cl2N4O. The van der Waals surface area contributed by atoms with Crippen molar-refractivity contribution in [1.82, 2.24) is 9.97 Å². The third-order valence-corrected chi connectivity index (χ3v) is 3.80. The number of carbonyl (C=O) groups excluding carboxylic acids is 1. The maximum Gasteiger partial charge on any atom is 0.275 e. The molecule has 3 aromatic rings. The van der Waals surface area contributed by atoms with Crippen LogP contribution in [0.3, 0.4) is 0 Å². The average molecular weight is 359 g/mol. The fraction of sp³-hybridized carbons (Fsp3) is 0. The highest BCUT2D eigenvalue weighted by Crippen LogP contribution is 2.24. The quantitative estimate of drug-likeness (QED) is 0.704. The first-order valence-corrected chi connectivity index (χ1v) is 7.78. The molecule has 24 heavy (non-hydrogen) atoms. The van der Waals surface area contributed by atoms with E-state index >= 15 is 0 Å². The van der Waals surface area contributed by atoms with Crippen LogP contribution in [-0.4, -0.2) is 15.9 Å². The van der Waals surface area contributed by atoms with Gasteiger partial charge in [0.25, 0.3) is 5.91 Å². The highest BCUT2D eigenvalue weighted by Gasteiger charge is 2.10. The maximum atomic E-state index is 12.2. The zero-order valence-corrected chi connectivity index (χ0v) is 13.8. The van der Waals surface area contributed by atoms with E-state index in [2.05, 4.69) is 20.6 Å². The van der Waals surface area contributed by atoms with Crippen molar-refractivity contribution >= 4 is 46.3 Å². The molecule has 3 rings (SSSR count). The largest absolute Gasteiger partial charge is 0.338 e. The second-order valence-electron chi connectivity index (χ2n) is 4.83. The van der Waals surface area contributed by atoms with Crippen molar-refractivity contribution in [3.63, 3.8) is 0 Å². The first-order chi connectivity index (χ1) is 11.6. The van der Waals surface area contributed by atoms with Crippen LogP contribution < -0.4 is 10.6 Å². The van der Waals surface area contributed by atoms with Crippen molar-refractivity contribution in [2.24, 2.45) is 0 Å². The lowest BCUT2D eigenvalue weighted by atomic mass is 10.3. The van der Waals surface area contributed by atoms with E-state index in [1.165, 1.54) is 12.4 Å². The lowest BCUT2D eigenvalue weighted by molar-refractivity contribution is 0.102. The van der Waals surface area contributed by atoms with Gasteiger partial charge in [-0.15, -0.1) is 0 Å². The molecule has 0 saturated heterocycles. The van der Waals surface area contributed by atoms with Gasteiger partial charge in [0.2, 0.25) is 0 Å². The van der Waals surface area contributed by atoms with Crippen molar-refractivity contribution < 1.29 is 4.79 Å². The molecule has 0 atom stereocenters. The minimum Gasteiger partial charge on any atom is -0.338 e. The van der Waals surface area contributed by atoms with Crippen LogP contribution in [0, 0.1) is 0 Å². The van der Waals surface area contributed by atoms with Crippen LogP contribution in [0.2, 0.25) is 10.0 Å². The number of aromatic nitrogens is 2. The predicted octanol–water partition coefficient (Wildman–Crippen LogP) is 4.78. The molecule has 0 aliphatic rings. The summed E-state index contributed by atoms with van der Waals surface area (Å²) in [5.41, 5.74) is 1.41. The van der Waals surface area contributed by atoms with Crippen molar-refractivity contribution in [3.05, 3.63) is 76.7 Å². The zero-order chi connectivity index (χ0) is 16.9. The first kappa shape index (κ1) is 16.2. The topological polar surface area (TPSA) is 66.9 Å². The first-order valence-electron chi connectivity index (χ1n) is 7.03. The Morgan fingerprint density at radius 3 is 2.04 bits per heavy atom. The molecule has 0 fully saturated rings. The average Bonchev–Trinajstić information content (AvgIpc) is 2.59. The Morgan fingerprint density at radius 2 is 1.46 bits per heavy atom. The summed E-state index contributed by atoms with van der Waals surface area (Å²) in [4.78, 5) is 20.5. The third-order valence-electron chi connectivity index (χ3n) is 3.14. The molecule has 0 saturated carbocycles. The molecule has 1 heterocycles. The summed E-state index contributed by atoms with van der Waals surface area (Å²) < 4.78 is 0. The Labute approximate surface area is 148 Å². The van der Waals surface area contributed by atoms with Crippen molar-refractivity contribution in [2.45, 2.75) is 0 Å². The van der Waals surface area contributed by atoms with Gasteiger partial charge in [-0.2, -0.15) is 0 Å². The van der Waals surface area contributed by atoms with Crippen LogP contribution in [0.1, 0.15) is 10.5 Å². The molecule has 0 aliphatic heterocycles. The van der Waals surface area contributed by atoms with E-state index in [9.17, 15) is 4.79 Å². The van der Waals surface area contributed by atoms with Gasteiger partial charge in [0.15, 0.2) is 0 Å². The molecule has 7 heteroatoms. The molecule has 1 amide bonds. The monoisotopic (exact) mass is 358 g/mol. The number of benzene rings is 2. The number of rotatable bonds is 4. The molecule has 0 spiro atoms. The normalized spacial score (nSPS) is 10.2. The number of nitrogens with one attached hydrogen (secondary N) is 2. The van der Waals surface area contributed by atoms with Gasteiger partial charge >= 0.3 is 0 Å². The van der Waals surface area contributed by atoms with E-state index in [4.69, 9.17) is 23.2 Å². The standard InChI is InChI=1S/C17H12Cl2N4O/c18-11-5-1-3-7-13(11)22-16-10-20-15(9-21-16)17(24)23-14-8-4-2-6-12(14)19/h1-10H,(H,21,22)(H,23,24). The minimum atomic E-state index is -0.389. The van der Waals surface area contributed by atoms with E-state index in [1.54, 1.807) is 30.3 Å². The fourth-order valence-corrected chi connectivity index (χ4v) is 2.33. The highest BCUT2D eigenvalue weighted by molar-refractivity contribution is 6.34. The molecule has 1 aromatic heterocycles. The van der Waals surface area contributed by atoms with Gasteiger partial charge in [-0.1, -0.05) is 47.5 Å². The van der Waals surface area contributed by atoms with Crippen LogP contribution in [-0.2, 0) is 0 Å². The van der Waals surface area contributed by atoms with E-state index in [0.29, 0.717) is 27.2 Å². The van der Waals surface area contributed by atoms with Crippen molar-refractivity contribution in [3.8, 4) is 0 Å². The summed E-state index contributed by atoms with van der Waals surface area (Å²) in [7, 11) is 0. The van der Waals surface area contributed by atoms with Gasteiger partial charge in [0, 0.05) is 0 Å². The summed E-state index contributed by atoms with van der Waals surface area (Å²) in [6, 6.07) is 14.2. The predicted molar refractivity (Wildman–Crippen MR) is 96.2 cm³/mol. The minimum absolute atomic E-state index is 0.180. The van der Waals surface area contributed by atoms with Crippen LogP contribution in [0.25, 0.3) is 0 Å². The van der Waals surface area contributed by atoms with E-state index in [0.717, 1.165) is 0 Å². The molecule has 0 bridgehead atoms. The lowest BCUT2D eigenvalue weighted by Gasteiger charge is -2.08. The molecular weight excluding hydrogens is 347 g/mol. The number of anilines is 3. The SMILES string of the molecule is O=C(Nc1ccccc1Cl)c1cnc(Nc2ccccc2Cl)cn1. The molecule has 2 aromatic carbocycles. The third kappa shape index (κ3) is 3.82. The number of nitrogens with zero attached hydrogens (tertiary/aromatic N) is 2. The summed E-state index contributed by atoms with van der Waals surface area (Å²) in [5, 5.41) is 6.75. The van der Waals surface area contributed by atoms with Crippen LogP contribution >= 0.6 is 23.2 Å². The molecule has 0 aliphatic carbocycles. The summed E-state index contributed by atoms with van der Waals surface area (Å²) in [5.74, 6) is 0.0947. The van der Waals surface area contributed by atoms with Gasteiger partial charge in [0.05, 0.1) is 33.8 Å². The Morgan fingerprint density at radius 1 is 0.833 bits per heavy atom. The highest BCUT2D eigenvalue weighted by atomic mass is 35.5. The molecule has 2 N–H and O–H groups in total. The lowest BCUT2D eigenvalue weighted by Crippen LogP contribution is -2.14. The van der Waals surface area contributed by atoms with E-state index < -0.39 is 0 Å². The Balaban J connectivity index is 1.71. The zero-order valence-electron chi connectivity index (χ0n) is 12.3. The summed E-state index contributed by atoms with van der Waals surface area (Å²) in [6.07, 6.45) is 2.84. The van der Waals surface area contributed by atoms with Gasteiger partial charge in [-0.3, -0.25) is 4.79 Å². The smallest absolute Gasteiger partial charge is 0.275 e. The van der Waals surface area contributed by atoms with Crippen molar-refractivity contribution in [1.29, 1.82) is 0 Å². The summed E-state index contributed by atoms with van der Waals surface area (Å²) in [6.45, 7) is 0. The molecule has 0 radical (unpaired) electrons.